The van der Waals surface area contributed by atoms with Gasteiger partial charge in [-0.05, 0) is 12.1 Å². The van der Waals surface area contributed by atoms with Crippen molar-refractivity contribution in [2.24, 2.45) is 0 Å². The lowest BCUT2D eigenvalue weighted by atomic mass is 10.2. The molecule has 0 unspecified atom stereocenters. The first-order valence-electron chi connectivity index (χ1n) is 6.06. The lowest BCUT2D eigenvalue weighted by molar-refractivity contribution is 0.0609. The van der Waals surface area contributed by atoms with Crippen molar-refractivity contribution in [1.82, 2.24) is 14.8 Å². The molecule has 0 atom stereocenters. The Kier molecular flexibility index (Phi) is 6.01. The third kappa shape index (κ3) is 4.05. The molecular weight excluding hydrogens is 268 g/mol. The predicted molar refractivity (Wildman–Crippen MR) is 75.3 cm³/mol. The number of hydrogen-bond donors (Lipinski definition) is 2. The van der Waals surface area contributed by atoms with E-state index in [1.54, 1.807) is 23.1 Å². The predicted octanol–water partition coefficient (Wildman–Crippen LogP) is -0.164. The highest BCUT2D eigenvalue weighted by molar-refractivity contribution is 5.92. The number of anilines is 1. The smallest absolute Gasteiger partial charge is 0.272 e. The Morgan fingerprint density at radius 3 is 2.58 bits per heavy atom. The number of carbonyl (C=O) groups is 1. The molecule has 0 radical (unpaired) electrons. The molecule has 19 heavy (non-hydrogen) atoms. The van der Waals surface area contributed by atoms with Crippen molar-refractivity contribution >= 4 is 24.1 Å². The second-order valence-corrected chi connectivity index (χ2v) is 4.31. The van der Waals surface area contributed by atoms with Gasteiger partial charge in [0.2, 0.25) is 0 Å². The van der Waals surface area contributed by atoms with Crippen molar-refractivity contribution in [3.63, 3.8) is 0 Å². The zero-order valence-electron chi connectivity index (χ0n) is 10.7. The van der Waals surface area contributed by atoms with Crippen LogP contribution < -0.4 is 5.73 Å². The first-order valence-corrected chi connectivity index (χ1v) is 6.06. The minimum Gasteiger partial charge on any atom is -0.395 e. The van der Waals surface area contributed by atoms with E-state index in [1.165, 1.54) is 0 Å². The monoisotopic (exact) mass is 286 g/mol. The van der Waals surface area contributed by atoms with Crippen molar-refractivity contribution in [3.05, 3.63) is 23.9 Å². The van der Waals surface area contributed by atoms with Gasteiger partial charge in [0.25, 0.3) is 5.91 Å². The van der Waals surface area contributed by atoms with Crippen molar-refractivity contribution in [2.75, 3.05) is 45.1 Å². The quantitative estimate of drug-likeness (QED) is 0.806. The number of pyridine rings is 1. The van der Waals surface area contributed by atoms with Gasteiger partial charge >= 0.3 is 0 Å². The molecule has 0 aromatic carbocycles. The minimum absolute atomic E-state index is 0. The highest BCUT2D eigenvalue weighted by Gasteiger charge is 2.22. The number of aliphatic hydroxyl groups excluding tert-OH is 1. The highest BCUT2D eigenvalue weighted by Crippen LogP contribution is 2.08. The van der Waals surface area contributed by atoms with Gasteiger partial charge in [-0.1, -0.05) is 6.07 Å². The zero-order chi connectivity index (χ0) is 13.0. The lowest BCUT2D eigenvalue weighted by Crippen LogP contribution is -2.49. The molecule has 0 aliphatic carbocycles. The molecular formula is C12H19ClN4O2. The SMILES string of the molecule is Cl.Nc1cccc(C(=O)N2CCN(CCO)CC2)n1. The largest absolute Gasteiger partial charge is 0.395 e. The van der Waals surface area contributed by atoms with Crippen molar-refractivity contribution < 1.29 is 9.90 Å². The molecule has 1 amide bonds. The number of piperazine rings is 1. The van der Waals surface area contributed by atoms with Gasteiger partial charge in [-0.15, -0.1) is 12.4 Å². The summed E-state index contributed by atoms with van der Waals surface area (Å²) in [4.78, 5) is 20.1. The first kappa shape index (κ1) is 15.7. The number of amides is 1. The number of nitrogen functional groups attached to an aromatic ring is 1. The Morgan fingerprint density at radius 2 is 2.00 bits per heavy atom. The van der Waals surface area contributed by atoms with E-state index in [0.717, 1.165) is 13.1 Å². The Balaban J connectivity index is 0.00000180. The normalized spacial score (nSPS) is 15.9. The first-order chi connectivity index (χ1) is 8.70. The zero-order valence-corrected chi connectivity index (χ0v) is 11.5. The van der Waals surface area contributed by atoms with E-state index in [9.17, 15) is 4.79 Å². The molecule has 7 heteroatoms. The van der Waals surface area contributed by atoms with Crippen molar-refractivity contribution in [2.45, 2.75) is 0 Å². The van der Waals surface area contributed by atoms with E-state index < -0.39 is 0 Å². The van der Waals surface area contributed by atoms with Crippen LogP contribution >= 0.6 is 12.4 Å². The summed E-state index contributed by atoms with van der Waals surface area (Å²) in [5, 5.41) is 8.86. The summed E-state index contributed by atoms with van der Waals surface area (Å²) in [5.74, 6) is 0.283. The van der Waals surface area contributed by atoms with E-state index in [1.807, 2.05) is 0 Å². The summed E-state index contributed by atoms with van der Waals surface area (Å²) in [6.45, 7) is 3.72. The fourth-order valence-electron chi connectivity index (χ4n) is 2.05. The van der Waals surface area contributed by atoms with Crippen LogP contribution in [0.2, 0.25) is 0 Å². The van der Waals surface area contributed by atoms with Gasteiger partial charge in [-0.3, -0.25) is 9.69 Å². The summed E-state index contributed by atoms with van der Waals surface area (Å²) in [7, 11) is 0. The maximum atomic E-state index is 12.2. The minimum atomic E-state index is -0.0778. The van der Waals surface area contributed by atoms with Crippen LogP contribution in [0.15, 0.2) is 18.2 Å². The van der Waals surface area contributed by atoms with E-state index >= 15 is 0 Å². The molecule has 6 nitrogen and oxygen atoms in total. The van der Waals surface area contributed by atoms with Crippen LogP contribution in [-0.2, 0) is 0 Å². The molecule has 0 spiro atoms. The number of nitrogens with two attached hydrogens (primary N) is 1. The van der Waals surface area contributed by atoms with Gasteiger partial charge in [0.15, 0.2) is 0 Å². The lowest BCUT2D eigenvalue weighted by Gasteiger charge is -2.34. The fourth-order valence-corrected chi connectivity index (χ4v) is 2.05. The number of hydrogen-bond acceptors (Lipinski definition) is 5. The van der Waals surface area contributed by atoms with Crippen LogP contribution in [0.3, 0.4) is 0 Å². The van der Waals surface area contributed by atoms with E-state index in [-0.39, 0.29) is 24.9 Å². The van der Waals surface area contributed by atoms with Crippen LogP contribution in [-0.4, -0.2) is 65.1 Å². The van der Waals surface area contributed by atoms with E-state index in [2.05, 4.69) is 9.88 Å². The number of rotatable bonds is 3. The average Bonchev–Trinajstić information content (AvgIpc) is 2.39. The molecule has 2 heterocycles. The second kappa shape index (κ2) is 7.28. The van der Waals surface area contributed by atoms with Gasteiger partial charge in [0.05, 0.1) is 6.61 Å². The molecule has 1 aliphatic rings. The highest BCUT2D eigenvalue weighted by atomic mass is 35.5. The number of β-amino-alcohol motifs (C(OH)–C–C–N with tert-alkyl or cyclic N) is 1. The fraction of sp³-hybridized carbons (Fsp3) is 0.500. The summed E-state index contributed by atoms with van der Waals surface area (Å²) in [5.41, 5.74) is 5.96. The maximum Gasteiger partial charge on any atom is 0.272 e. The average molecular weight is 287 g/mol. The standard InChI is InChI=1S/C12H18N4O2.ClH/c13-11-3-1-2-10(14-11)12(18)16-6-4-15(5-7-16)8-9-17;/h1-3,17H,4-9H2,(H2,13,14);1H. The third-order valence-corrected chi connectivity index (χ3v) is 3.07. The van der Waals surface area contributed by atoms with Crippen LogP contribution in [0.5, 0.6) is 0 Å². The van der Waals surface area contributed by atoms with Crippen LogP contribution in [0.25, 0.3) is 0 Å². The van der Waals surface area contributed by atoms with Gasteiger partial charge < -0.3 is 15.7 Å². The van der Waals surface area contributed by atoms with E-state index in [4.69, 9.17) is 10.8 Å². The number of halogens is 1. The maximum absolute atomic E-state index is 12.2. The molecule has 1 fully saturated rings. The number of nitrogens with zero attached hydrogens (tertiary/aromatic N) is 3. The number of aromatic nitrogens is 1. The molecule has 1 aromatic rings. The van der Waals surface area contributed by atoms with Gasteiger partial charge in [-0.25, -0.2) is 4.98 Å². The third-order valence-electron chi connectivity index (χ3n) is 3.07. The Labute approximate surface area is 118 Å². The molecule has 1 aliphatic heterocycles. The van der Waals surface area contributed by atoms with Crippen LogP contribution in [0.1, 0.15) is 10.5 Å². The molecule has 0 bridgehead atoms. The Morgan fingerprint density at radius 1 is 1.32 bits per heavy atom. The molecule has 1 aromatic heterocycles. The van der Waals surface area contributed by atoms with Gasteiger partial charge in [-0.2, -0.15) is 0 Å². The summed E-state index contributed by atoms with van der Waals surface area (Å²) >= 11 is 0. The van der Waals surface area contributed by atoms with Crippen molar-refractivity contribution in [1.29, 1.82) is 0 Å². The molecule has 3 N–H and O–H groups in total. The number of aliphatic hydroxyl groups is 1. The molecule has 1 saturated heterocycles. The number of carbonyl (C=O) groups excluding carboxylic acids is 1. The molecule has 106 valence electrons. The van der Waals surface area contributed by atoms with E-state index in [0.29, 0.717) is 31.1 Å². The summed E-state index contributed by atoms with van der Waals surface area (Å²) in [6, 6.07) is 5.08. The van der Waals surface area contributed by atoms with Gasteiger partial charge in [0.1, 0.15) is 11.5 Å². The Bertz CT molecular complexity index is 422. The Hall–Kier alpha value is -1.37. The van der Waals surface area contributed by atoms with Crippen molar-refractivity contribution in [3.8, 4) is 0 Å². The van der Waals surface area contributed by atoms with Crippen LogP contribution in [0, 0.1) is 0 Å². The molecule has 0 saturated carbocycles. The van der Waals surface area contributed by atoms with Gasteiger partial charge in [0, 0.05) is 32.7 Å². The van der Waals surface area contributed by atoms with Crippen LogP contribution in [0.4, 0.5) is 5.82 Å². The summed E-state index contributed by atoms with van der Waals surface area (Å²) in [6.07, 6.45) is 0. The second-order valence-electron chi connectivity index (χ2n) is 4.31. The topological polar surface area (TPSA) is 82.7 Å². The summed E-state index contributed by atoms with van der Waals surface area (Å²) < 4.78 is 0. The molecule has 2 rings (SSSR count).